The van der Waals surface area contributed by atoms with E-state index in [0.29, 0.717) is 5.03 Å². The molecule has 1 aromatic carbocycles. The van der Waals surface area contributed by atoms with Crippen molar-refractivity contribution in [3.8, 4) is 0 Å². The zero-order valence-electron chi connectivity index (χ0n) is 12.2. The Kier molecular flexibility index (Phi) is 2.84. The highest BCUT2D eigenvalue weighted by atomic mass is 32.2. The normalized spacial score (nSPS) is 25.6. The fourth-order valence-corrected chi connectivity index (χ4v) is 6.10. The standard InChI is InChI=1S/C16H11N3O3S2/c20-13-10-9(7-5-17-8-4-2-1-3-6(7)8)12-15(19-16(22)24-12)23-11(10)14(21)18-13/h1-5,9-11,17H,(H,19,22)(H,18,20,21)/t9-,10-,11-/m1/s1. The fourth-order valence-electron chi connectivity index (χ4n) is 3.62. The minimum Gasteiger partial charge on any atom is -0.361 e. The minimum atomic E-state index is -0.506. The first-order chi connectivity index (χ1) is 11.6. The Morgan fingerprint density at radius 3 is 2.75 bits per heavy atom. The number of imide groups is 1. The number of para-hydroxylation sites is 1. The Balaban J connectivity index is 1.79. The number of carbonyl (C=O) groups is 2. The van der Waals surface area contributed by atoms with Crippen molar-refractivity contribution in [2.75, 3.05) is 0 Å². The Hall–Kier alpha value is -2.32. The van der Waals surface area contributed by atoms with Gasteiger partial charge in [0.15, 0.2) is 0 Å². The molecule has 1 fully saturated rings. The summed E-state index contributed by atoms with van der Waals surface area (Å²) in [5, 5.41) is 3.64. The molecule has 120 valence electrons. The van der Waals surface area contributed by atoms with Crippen LogP contribution < -0.4 is 10.2 Å². The molecule has 24 heavy (non-hydrogen) atoms. The number of H-pyrrole nitrogens is 2. The highest BCUT2D eigenvalue weighted by Gasteiger charge is 2.52. The molecule has 3 atom stereocenters. The van der Waals surface area contributed by atoms with Gasteiger partial charge in [-0.3, -0.25) is 19.7 Å². The number of hydrogen-bond acceptors (Lipinski definition) is 5. The molecule has 2 aliphatic heterocycles. The van der Waals surface area contributed by atoms with Crippen LogP contribution in [0.3, 0.4) is 0 Å². The van der Waals surface area contributed by atoms with Crippen LogP contribution in [0.15, 0.2) is 40.3 Å². The molecule has 0 spiro atoms. The van der Waals surface area contributed by atoms with Gasteiger partial charge in [0, 0.05) is 27.9 Å². The first kappa shape index (κ1) is 14.1. The summed E-state index contributed by atoms with van der Waals surface area (Å²) < 4.78 is 0. The third kappa shape index (κ3) is 1.81. The second-order valence-corrected chi connectivity index (χ2v) is 8.06. The van der Waals surface area contributed by atoms with Gasteiger partial charge in [-0.1, -0.05) is 41.3 Å². The lowest BCUT2D eigenvalue weighted by atomic mass is 9.83. The van der Waals surface area contributed by atoms with Gasteiger partial charge < -0.3 is 9.97 Å². The predicted octanol–water partition coefficient (Wildman–Crippen LogP) is 1.80. The third-order valence-electron chi connectivity index (χ3n) is 4.62. The van der Waals surface area contributed by atoms with Gasteiger partial charge in [-0.2, -0.15) is 0 Å². The maximum absolute atomic E-state index is 12.4. The topological polar surface area (TPSA) is 94.8 Å². The number of carbonyl (C=O) groups excluding carboxylic acids is 2. The van der Waals surface area contributed by atoms with E-state index in [2.05, 4.69) is 15.3 Å². The minimum absolute atomic E-state index is 0.162. The number of aromatic nitrogens is 2. The highest BCUT2D eigenvalue weighted by Crippen LogP contribution is 2.51. The molecule has 3 N–H and O–H groups in total. The van der Waals surface area contributed by atoms with Gasteiger partial charge in [0.1, 0.15) is 5.25 Å². The summed E-state index contributed by atoms with van der Waals surface area (Å²) in [6.45, 7) is 0. The summed E-state index contributed by atoms with van der Waals surface area (Å²) in [6, 6.07) is 7.83. The zero-order chi connectivity index (χ0) is 16.4. The van der Waals surface area contributed by atoms with Gasteiger partial charge in [-0.05, 0) is 11.6 Å². The van der Waals surface area contributed by atoms with E-state index in [-0.39, 0.29) is 22.6 Å². The number of benzene rings is 1. The number of thiazole rings is 1. The van der Waals surface area contributed by atoms with Crippen molar-refractivity contribution in [2.45, 2.75) is 16.2 Å². The molecule has 8 heteroatoms. The molecule has 3 aromatic rings. The Labute approximate surface area is 143 Å². The van der Waals surface area contributed by atoms with E-state index in [4.69, 9.17) is 0 Å². The first-order valence-electron chi connectivity index (χ1n) is 7.44. The van der Waals surface area contributed by atoms with Gasteiger partial charge >= 0.3 is 4.87 Å². The van der Waals surface area contributed by atoms with E-state index >= 15 is 0 Å². The van der Waals surface area contributed by atoms with Crippen LogP contribution in [0.2, 0.25) is 0 Å². The maximum atomic E-state index is 12.4. The van der Waals surface area contributed by atoms with Crippen molar-refractivity contribution in [1.29, 1.82) is 0 Å². The lowest BCUT2D eigenvalue weighted by Crippen LogP contribution is -2.31. The van der Waals surface area contributed by atoms with Crippen LogP contribution >= 0.6 is 23.1 Å². The molecule has 2 amide bonds. The van der Waals surface area contributed by atoms with E-state index in [0.717, 1.165) is 32.7 Å². The Bertz CT molecular complexity index is 1060. The molecular weight excluding hydrogens is 346 g/mol. The summed E-state index contributed by atoms with van der Waals surface area (Å²) >= 11 is 2.40. The van der Waals surface area contributed by atoms with E-state index < -0.39 is 11.2 Å². The van der Waals surface area contributed by atoms with Gasteiger partial charge in [-0.15, -0.1) is 0 Å². The van der Waals surface area contributed by atoms with Gasteiger partial charge in [0.2, 0.25) is 11.8 Å². The summed E-state index contributed by atoms with van der Waals surface area (Å²) in [7, 11) is 0. The van der Waals surface area contributed by atoms with Gasteiger partial charge in [0.25, 0.3) is 0 Å². The SMILES string of the molecule is O=C1NC(=O)[C@@H]2Sc3[nH]c(=O)sc3[C@H](c3c[nH]c4ccccc34)[C@@H]12. The van der Waals surface area contributed by atoms with Crippen LogP contribution in [0.25, 0.3) is 10.9 Å². The van der Waals surface area contributed by atoms with Crippen molar-refractivity contribution in [2.24, 2.45) is 5.92 Å². The van der Waals surface area contributed by atoms with Crippen LogP contribution in [-0.4, -0.2) is 27.0 Å². The number of rotatable bonds is 1. The van der Waals surface area contributed by atoms with E-state index in [1.54, 1.807) is 0 Å². The molecule has 4 heterocycles. The molecule has 0 radical (unpaired) electrons. The molecule has 0 unspecified atom stereocenters. The van der Waals surface area contributed by atoms with Crippen molar-refractivity contribution in [1.82, 2.24) is 15.3 Å². The second kappa shape index (κ2) is 4.84. The average molecular weight is 357 g/mol. The monoisotopic (exact) mass is 357 g/mol. The smallest absolute Gasteiger partial charge is 0.305 e. The molecule has 6 nitrogen and oxygen atoms in total. The summed E-state index contributed by atoms with van der Waals surface area (Å²) in [5.74, 6) is -1.35. The predicted molar refractivity (Wildman–Crippen MR) is 91.4 cm³/mol. The van der Waals surface area contributed by atoms with Crippen LogP contribution in [0.5, 0.6) is 0 Å². The first-order valence-corrected chi connectivity index (χ1v) is 9.13. The number of fused-ring (bicyclic) bond motifs is 3. The van der Waals surface area contributed by atoms with Crippen LogP contribution in [0, 0.1) is 5.92 Å². The fraction of sp³-hybridized carbons (Fsp3) is 0.188. The number of amides is 2. The Morgan fingerprint density at radius 2 is 1.88 bits per heavy atom. The molecule has 0 saturated carbocycles. The third-order valence-corrected chi connectivity index (χ3v) is 7.03. The van der Waals surface area contributed by atoms with E-state index in [9.17, 15) is 14.4 Å². The molecule has 0 aliphatic carbocycles. The lowest BCUT2D eigenvalue weighted by molar-refractivity contribution is -0.125. The van der Waals surface area contributed by atoms with Crippen LogP contribution in [0.4, 0.5) is 0 Å². The quantitative estimate of drug-likeness (QED) is 0.579. The number of hydrogen-bond donors (Lipinski definition) is 3. The maximum Gasteiger partial charge on any atom is 0.305 e. The van der Waals surface area contributed by atoms with Crippen molar-refractivity contribution in [3.05, 3.63) is 50.6 Å². The molecular formula is C16H11N3O3S2. The van der Waals surface area contributed by atoms with E-state index in [1.165, 1.54) is 11.8 Å². The van der Waals surface area contributed by atoms with Crippen LogP contribution in [-0.2, 0) is 9.59 Å². The molecule has 2 aromatic heterocycles. The molecule has 1 saturated heterocycles. The second-order valence-electron chi connectivity index (χ2n) is 5.89. The largest absolute Gasteiger partial charge is 0.361 e. The zero-order valence-corrected chi connectivity index (χ0v) is 13.8. The average Bonchev–Trinajstić information content (AvgIpc) is 3.22. The molecule has 0 bridgehead atoms. The summed E-state index contributed by atoms with van der Waals surface area (Å²) in [6.07, 6.45) is 1.88. The number of nitrogens with one attached hydrogen (secondary N) is 3. The number of aromatic amines is 2. The van der Waals surface area contributed by atoms with Crippen molar-refractivity contribution >= 4 is 45.8 Å². The van der Waals surface area contributed by atoms with Gasteiger partial charge in [0.05, 0.1) is 10.9 Å². The van der Waals surface area contributed by atoms with Crippen molar-refractivity contribution < 1.29 is 9.59 Å². The highest BCUT2D eigenvalue weighted by molar-refractivity contribution is 8.00. The van der Waals surface area contributed by atoms with E-state index in [1.807, 2.05) is 30.5 Å². The van der Waals surface area contributed by atoms with Crippen LogP contribution in [0.1, 0.15) is 16.4 Å². The Morgan fingerprint density at radius 1 is 1.04 bits per heavy atom. The van der Waals surface area contributed by atoms with Gasteiger partial charge in [-0.25, -0.2) is 0 Å². The molecule has 2 aliphatic rings. The summed E-state index contributed by atoms with van der Waals surface area (Å²) in [4.78, 5) is 43.2. The number of thioether (sulfide) groups is 1. The lowest BCUT2D eigenvalue weighted by Gasteiger charge is -2.29. The molecule has 5 rings (SSSR count). The summed E-state index contributed by atoms with van der Waals surface area (Å²) in [5.41, 5.74) is 1.92. The van der Waals surface area contributed by atoms with Crippen molar-refractivity contribution in [3.63, 3.8) is 0 Å².